The van der Waals surface area contributed by atoms with Gasteiger partial charge in [-0.2, -0.15) is 0 Å². The zero-order chi connectivity index (χ0) is 19.5. The first-order chi connectivity index (χ1) is 13.1. The summed E-state index contributed by atoms with van der Waals surface area (Å²) in [5, 5.41) is 5.65. The predicted molar refractivity (Wildman–Crippen MR) is 107 cm³/mol. The molecule has 0 fully saturated rings. The van der Waals surface area contributed by atoms with Gasteiger partial charge in [0.15, 0.2) is 0 Å². The Hall–Kier alpha value is -2.82. The minimum absolute atomic E-state index is 0.171. The van der Waals surface area contributed by atoms with E-state index in [0.717, 1.165) is 25.7 Å². The van der Waals surface area contributed by atoms with Gasteiger partial charge in [0.05, 0.1) is 6.26 Å². The lowest BCUT2D eigenvalue weighted by molar-refractivity contribution is -0.117. The highest BCUT2D eigenvalue weighted by molar-refractivity contribution is 6.05. The van der Waals surface area contributed by atoms with Gasteiger partial charge in [-0.05, 0) is 36.6 Å². The number of carbonyl (C=O) groups is 2. The third kappa shape index (κ3) is 6.77. The lowest BCUT2D eigenvalue weighted by Crippen LogP contribution is -2.37. The molecule has 2 rings (SSSR count). The molecular weight excluding hydrogens is 340 g/mol. The molecule has 1 atom stereocenters. The van der Waals surface area contributed by atoms with Gasteiger partial charge in [0.1, 0.15) is 11.5 Å². The second-order valence-corrected chi connectivity index (χ2v) is 6.52. The van der Waals surface area contributed by atoms with E-state index in [1.165, 1.54) is 6.26 Å². The number of nitrogens with one attached hydrogen (secondary N) is 2. The van der Waals surface area contributed by atoms with Gasteiger partial charge in [0.2, 0.25) is 0 Å². The Morgan fingerprint density at radius 3 is 2.52 bits per heavy atom. The maximum Gasteiger partial charge on any atom is 0.267 e. The molecule has 2 N–H and O–H groups in total. The summed E-state index contributed by atoms with van der Waals surface area (Å²) >= 11 is 0. The topological polar surface area (TPSA) is 71.3 Å². The second-order valence-electron chi connectivity index (χ2n) is 6.52. The monoisotopic (exact) mass is 368 g/mol. The van der Waals surface area contributed by atoms with Crippen molar-refractivity contribution in [1.29, 1.82) is 0 Å². The molecule has 0 bridgehead atoms. The molecule has 27 heavy (non-hydrogen) atoms. The third-order valence-electron chi connectivity index (χ3n) is 4.45. The largest absolute Gasteiger partial charge is 0.465 e. The Labute approximate surface area is 160 Å². The van der Waals surface area contributed by atoms with Crippen LogP contribution in [0.1, 0.15) is 55.6 Å². The molecule has 144 valence electrons. The first-order valence-electron chi connectivity index (χ1n) is 9.53. The number of rotatable bonds is 10. The van der Waals surface area contributed by atoms with Gasteiger partial charge in [0, 0.05) is 18.2 Å². The van der Waals surface area contributed by atoms with Gasteiger partial charge in [-0.3, -0.25) is 9.59 Å². The van der Waals surface area contributed by atoms with Crippen molar-refractivity contribution in [3.8, 4) is 0 Å². The zero-order valence-electron chi connectivity index (χ0n) is 16.0. The van der Waals surface area contributed by atoms with Gasteiger partial charge in [-0.15, -0.1) is 0 Å². The Balaban J connectivity index is 2.08. The van der Waals surface area contributed by atoms with Crippen LogP contribution in [-0.2, 0) is 4.79 Å². The van der Waals surface area contributed by atoms with E-state index in [1.807, 2.05) is 6.07 Å². The van der Waals surface area contributed by atoms with Crippen molar-refractivity contribution in [3.05, 3.63) is 65.7 Å². The smallest absolute Gasteiger partial charge is 0.267 e. The molecule has 2 amide bonds. The van der Waals surface area contributed by atoms with Crippen LogP contribution in [-0.4, -0.2) is 18.4 Å². The van der Waals surface area contributed by atoms with Crippen molar-refractivity contribution in [3.63, 3.8) is 0 Å². The van der Waals surface area contributed by atoms with E-state index in [-0.39, 0.29) is 17.5 Å². The van der Waals surface area contributed by atoms with E-state index in [9.17, 15) is 9.59 Å². The number of amides is 2. The average Bonchev–Trinajstić information content (AvgIpc) is 3.21. The van der Waals surface area contributed by atoms with Crippen LogP contribution in [0.4, 0.5) is 0 Å². The molecule has 1 heterocycles. The average molecular weight is 368 g/mol. The molecule has 5 heteroatoms. The first-order valence-corrected chi connectivity index (χ1v) is 9.53. The SMILES string of the molecule is CCCCC(CC)CNC(=O)/C(=C/c1ccco1)NC(=O)c1ccccc1. The summed E-state index contributed by atoms with van der Waals surface area (Å²) in [7, 11) is 0. The van der Waals surface area contributed by atoms with E-state index in [0.29, 0.717) is 23.8 Å². The van der Waals surface area contributed by atoms with Crippen molar-refractivity contribution >= 4 is 17.9 Å². The molecule has 0 radical (unpaired) electrons. The second kappa shape index (κ2) is 11.0. The number of carbonyl (C=O) groups excluding carboxylic acids is 2. The number of benzene rings is 1. The van der Waals surface area contributed by atoms with Gasteiger partial charge in [-0.25, -0.2) is 0 Å². The van der Waals surface area contributed by atoms with Crippen LogP contribution in [0.3, 0.4) is 0 Å². The molecule has 0 spiro atoms. The first kappa shape index (κ1) is 20.5. The van der Waals surface area contributed by atoms with Crippen LogP contribution >= 0.6 is 0 Å². The van der Waals surface area contributed by atoms with Crippen LogP contribution in [0.15, 0.2) is 58.8 Å². The lowest BCUT2D eigenvalue weighted by atomic mass is 9.99. The number of hydrogen-bond donors (Lipinski definition) is 2. The number of unbranched alkanes of at least 4 members (excludes halogenated alkanes) is 1. The Kier molecular flexibility index (Phi) is 8.36. The molecular formula is C22H28N2O3. The summed E-state index contributed by atoms with van der Waals surface area (Å²) < 4.78 is 5.29. The van der Waals surface area contributed by atoms with Crippen molar-refractivity contribution in [2.45, 2.75) is 39.5 Å². The Morgan fingerprint density at radius 2 is 1.89 bits per heavy atom. The Morgan fingerprint density at radius 1 is 1.11 bits per heavy atom. The molecule has 1 aromatic heterocycles. The summed E-state index contributed by atoms with van der Waals surface area (Å²) in [6, 6.07) is 12.3. The molecule has 0 aliphatic heterocycles. The highest BCUT2D eigenvalue weighted by atomic mass is 16.3. The third-order valence-corrected chi connectivity index (χ3v) is 4.45. The van der Waals surface area contributed by atoms with Crippen LogP contribution < -0.4 is 10.6 Å². The van der Waals surface area contributed by atoms with Crippen molar-refractivity contribution in [2.75, 3.05) is 6.54 Å². The van der Waals surface area contributed by atoms with Gasteiger partial charge in [-0.1, -0.05) is 51.3 Å². The molecule has 1 aromatic carbocycles. The summed E-state index contributed by atoms with van der Waals surface area (Å²) in [4.78, 5) is 25.2. The minimum Gasteiger partial charge on any atom is -0.465 e. The Bertz CT molecular complexity index is 736. The van der Waals surface area contributed by atoms with Gasteiger partial charge in [0.25, 0.3) is 11.8 Å². The molecule has 0 saturated carbocycles. The quantitative estimate of drug-likeness (QED) is 0.611. The zero-order valence-corrected chi connectivity index (χ0v) is 16.0. The van der Waals surface area contributed by atoms with E-state index in [1.54, 1.807) is 42.5 Å². The van der Waals surface area contributed by atoms with E-state index >= 15 is 0 Å². The van der Waals surface area contributed by atoms with Crippen LogP contribution in [0.5, 0.6) is 0 Å². The van der Waals surface area contributed by atoms with Crippen LogP contribution in [0.25, 0.3) is 6.08 Å². The van der Waals surface area contributed by atoms with E-state index in [2.05, 4.69) is 24.5 Å². The van der Waals surface area contributed by atoms with Crippen LogP contribution in [0, 0.1) is 5.92 Å². The molecule has 0 aliphatic carbocycles. The van der Waals surface area contributed by atoms with Crippen molar-refractivity contribution < 1.29 is 14.0 Å². The van der Waals surface area contributed by atoms with Crippen molar-refractivity contribution in [1.82, 2.24) is 10.6 Å². The fraction of sp³-hybridized carbons (Fsp3) is 0.364. The molecule has 1 unspecified atom stereocenters. The molecule has 0 saturated heterocycles. The standard InChI is InChI=1S/C22H28N2O3/c1-3-5-10-17(4-2)16-23-22(26)20(15-19-13-9-14-27-19)24-21(25)18-11-7-6-8-12-18/h6-9,11-15,17H,3-5,10,16H2,1-2H3,(H,23,26)(H,24,25)/b20-15-. The van der Waals surface area contributed by atoms with E-state index in [4.69, 9.17) is 4.42 Å². The summed E-state index contributed by atoms with van der Waals surface area (Å²) in [6.45, 7) is 4.88. The molecule has 2 aromatic rings. The van der Waals surface area contributed by atoms with Crippen molar-refractivity contribution in [2.24, 2.45) is 5.92 Å². The maximum atomic E-state index is 12.7. The fourth-order valence-corrected chi connectivity index (χ4v) is 2.73. The summed E-state index contributed by atoms with van der Waals surface area (Å²) in [6.07, 6.45) is 7.45. The van der Waals surface area contributed by atoms with Gasteiger partial charge < -0.3 is 15.1 Å². The predicted octanol–water partition coefficient (Wildman–Crippen LogP) is 4.38. The maximum absolute atomic E-state index is 12.7. The highest BCUT2D eigenvalue weighted by Gasteiger charge is 2.16. The molecule has 0 aliphatic rings. The van der Waals surface area contributed by atoms with E-state index < -0.39 is 0 Å². The fourth-order valence-electron chi connectivity index (χ4n) is 2.73. The normalized spacial score (nSPS) is 12.4. The lowest BCUT2D eigenvalue weighted by Gasteiger charge is -2.16. The van der Waals surface area contributed by atoms with Crippen LogP contribution in [0.2, 0.25) is 0 Å². The van der Waals surface area contributed by atoms with Gasteiger partial charge >= 0.3 is 0 Å². The number of furan rings is 1. The minimum atomic E-state index is -0.332. The summed E-state index contributed by atoms with van der Waals surface area (Å²) in [5.74, 6) is 0.294. The molecule has 5 nitrogen and oxygen atoms in total. The summed E-state index contributed by atoms with van der Waals surface area (Å²) in [5.41, 5.74) is 0.661. The number of hydrogen-bond acceptors (Lipinski definition) is 3. The highest BCUT2D eigenvalue weighted by Crippen LogP contribution is 2.12.